The predicted molar refractivity (Wildman–Crippen MR) is 87.4 cm³/mol. The summed E-state index contributed by atoms with van der Waals surface area (Å²) in [6.07, 6.45) is 0. The molecule has 0 aliphatic rings. The van der Waals surface area contributed by atoms with Gasteiger partial charge >= 0.3 is 0 Å². The topological polar surface area (TPSA) is 35.8 Å². The summed E-state index contributed by atoms with van der Waals surface area (Å²) in [5.74, 6) is 0. The highest BCUT2D eigenvalue weighted by Crippen LogP contribution is 2.31. The zero-order valence-corrected chi connectivity index (χ0v) is 13.7. The molecule has 2 aromatic rings. The fourth-order valence-corrected chi connectivity index (χ4v) is 2.81. The molecule has 0 saturated carbocycles. The molecule has 0 amide bonds. The van der Waals surface area contributed by atoms with Crippen molar-refractivity contribution in [2.45, 2.75) is 13.0 Å². The van der Waals surface area contributed by atoms with Gasteiger partial charge in [0.15, 0.2) is 0 Å². The second-order valence-electron chi connectivity index (χ2n) is 4.34. The highest BCUT2D eigenvalue weighted by Gasteiger charge is 2.12. The highest BCUT2D eigenvalue weighted by atomic mass is 79.9. The molecular formula is C15H11BrCl2N2. The molecule has 20 heavy (non-hydrogen) atoms. The summed E-state index contributed by atoms with van der Waals surface area (Å²) in [5.41, 5.74) is 2.43. The number of rotatable bonds is 3. The third kappa shape index (κ3) is 3.46. The highest BCUT2D eigenvalue weighted by molar-refractivity contribution is 9.10. The molecule has 2 aromatic carbocycles. The van der Waals surface area contributed by atoms with E-state index >= 15 is 0 Å². The number of anilines is 1. The third-order valence-electron chi connectivity index (χ3n) is 2.89. The van der Waals surface area contributed by atoms with Gasteiger partial charge in [-0.15, -0.1) is 0 Å². The Morgan fingerprint density at radius 3 is 2.60 bits per heavy atom. The number of nitriles is 1. The number of benzene rings is 2. The van der Waals surface area contributed by atoms with Gasteiger partial charge in [0.05, 0.1) is 17.7 Å². The lowest BCUT2D eigenvalue weighted by Gasteiger charge is -2.18. The Bertz CT molecular complexity index is 680. The van der Waals surface area contributed by atoms with Gasteiger partial charge in [-0.05, 0) is 64.8 Å². The Kier molecular flexibility index (Phi) is 4.93. The van der Waals surface area contributed by atoms with Crippen LogP contribution in [0.4, 0.5) is 5.69 Å². The van der Waals surface area contributed by atoms with E-state index in [1.807, 2.05) is 19.1 Å². The molecule has 2 rings (SSSR count). The van der Waals surface area contributed by atoms with Crippen LogP contribution in [0.3, 0.4) is 0 Å². The van der Waals surface area contributed by atoms with E-state index in [9.17, 15) is 0 Å². The van der Waals surface area contributed by atoms with Crippen LogP contribution in [0.5, 0.6) is 0 Å². The van der Waals surface area contributed by atoms with Crippen molar-refractivity contribution in [3.63, 3.8) is 0 Å². The van der Waals surface area contributed by atoms with Crippen LogP contribution in [0.1, 0.15) is 24.1 Å². The Labute approximate surface area is 136 Å². The van der Waals surface area contributed by atoms with Gasteiger partial charge in [0.2, 0.25) is 0 Å². The van der Waals surface area contributed by atoms with Crippen LogP contribution in [-0.2, 0) is 0 Å². The first-order chi connectivity index (χ1) is 9.51. The largest absolute Gasteiger partial charge is 0.378 e. The normalized spacial score (nSPS) is 11.8. The Morgan fingerprint density at radius 2 is 1.95 bits per heavy atom. The molecule has 0 saturated heterocycles. The van der Waals surface area contributed by atoms with E-state index in [4.69, 9.17) is 28.5 Å². The molecule has 0 bridgehead atoms. The van der Waals surface area contributed by atoms with E-state index in [0.29, 0.717) is 15.6 Å². The van der Waals surface area contributed by atoms with E-state index in [1.165, 1.54) is 0 Å². The number of hydrogen-bond donors (Lipinski definition) is 1. The van der Waals surface area contributed by atoms with E-state index in [-0.39, 0.29) is 6.04 Å². The van der Waals surface area contributed by atoms with Gasteiger partial charge in [0.25, 0.3) is 0 Å². The molecule has 1 unspecified atom stereocenters. The minimum Gasteiger partial charge on any atom is -0.378 e. The Hall–Kier alpha value is -1.21. The number of halogens is 3. The molecule has 102 valence electrons. The van der Waals surface area contributed by atoms with E-state index in [2.05, 4.69) is 27.3 Å². The number of nitrogens with one attached hydrogen (secondary N) is 1. The van der Waals surface area contributed by atoms with Gasteiger partial charge in [-0.25, -0.2) is 0 Å². The molecule has 2 nitrogen and oxygen atoms in total. The van der Waals surface area contributed by atoms with Gasteiger partial charge in [-0.1, -0.05) is 23.2 Å². The van der Waals surface area contributed by atoms with E-state index in [1.54, 1.807) is 24.3 Å². The lowest BCUT2D eigenvalue weighted by molar-refractivity contribution is 0.884. The van der Waals surface area contributed by atoms with Crippen LogP contribution in [0.15, 0.2) is 40.9 Å². The molecule has 0 heterocycles. The lowest BCUT2D eigenvalue weighted by Crippen LogP contribution is -2.07. The Balaban J connectivity index is 2.26. The molecule has 0 radical (unpaired) electrons. The molecule has 5 heteroatoms. The number of hydrogen-bond acceptors (Lipinski definition) is 2. The summed E-state index contributed by atoms with van der Waals surface area (Å²) in [5, 5.41) is 13.5. The van der Waals surface area contributed by atoms with Crippen LogP contribution in [0.25, 0.3) is 0 Å². The lowest BCUT2D eigenvalue weighted by atomic mass is 10.1. The first kappa shape index (κ1) is 15.2. The molecular weight excluding hydrogens is 359 g/mol. The molecule has 0 aliphatic carbocycles. The monoisotopic (exact) mass is 368 g/mol. The van der Waals surface area contributed by atoms with Crippen LogP contribution >= 0.6 is 39.1 Å². The summed E-state index contributed by atoms with van der Waals surface area (Å²) in [7, 11) is 0. The van der Waals surface area contributed by atoms with Crippen molar-refractivity contribution in [3.8, 4) is 6.07 Å². The summed E-state index contributed by atoms with van der Waals surface area (Å²) in [6, 6.07) is 12.9. The summed E-state index contributed by atoms with van der Waals surface area (Å²) in [4.78, 5) is 0. The van der Waals surface area contributed by atoms with Crippen LogP contribution < -0.4 is 5.32 Å². The summed E-state index contributed by atoms with van der Waals surface area (Å²) >= 11 is 15.6. The minimum atomic E-state index is -0.00886. The molecule has 0 aliphatic heterocycles. The molecule has 0 fully saturated rings. The first-order valence-electron chi connectivity index (χ1n) is 5.92. The van der Waals surface area contributed by atoms with Gasteiger partial charge < -0.3 is 5.32 Å². The second kappa shape index (κ2) is 6.49. The second-order valence-corrected chi connectivity index (χ2v) is 6.04. The van der Waals surface area contributed by atoms with Gasteiger partial charge in [0.1, 0.15) is 0 Å². The average molecular weight is 370 g/mol. The Morgan fingerprint density at radius 1 is 1.20 bits per heavy atom. The van der Waals surface area contributed by atoms with E-state index in [0.717, 1.165) is 15.7 Å². The summed E-state index contributed by atoms with van der Waals surface area (Å²) < 4.78 is 0.835. The maximum absolute atomic E-state index is 8.86. The van der Waals surface area contributed by atoms with Crippen LogP contribution in [0.2, 0.25) is 10.0 Å². The molecule has 0 aromatic heterocycles. The van der Waals surface area contributed by atoms with Crippen LogP contribution in [-0.4, -0.2) is 0 Å². The van der Waals surface area contributed by atoms with Crippen molar-refractivity contribution in [3.05, 3.63) is 62.0 Å². The fraction of sp³-hybridized carbons (Fsp3) is 0.133. The standard InChI is InChI=1S/C15H11BrCl2N2/c1-9(12-7-11(17)3-4-14(12)18)20-15-5-2-10(8-19)6-13(15)16/h2-7,9,20H,1H3. The quantitative estimate of drug-likeness (QED) is 0.741. The van der Waals surface area contributed by atoms with Gasteiger partial charge in [-0.2, -0.15) is 5.26 Å². The predicted octanol–water partition coefficient (Wildman–Crippen LogP) is 5.80. The van der Waals surface area contributed by atoms with Crippen molar-refractivity contribution in [2.75, 3.05) is 5.32 Å². The van der Waals surface area contributed by atoms with Crippen LogP contribution in [0, 0.1) is 11.3 Å². The minimum absolute atomic E-state index is 0.00886. The maximum Gasteiger partial charge on any atom is 0.0992 e. The summed E-state index contributed by atoms with van der Waals surface area (Å²) in [6.45, 7) is 2.00. The first-order valence-corrected chi connectivity index (χ1v) is 7.47. The van der Waals surface area contributed by atoms with Crippen molar-refractivity contribution in [2.24, 2.45) is 0 Å². The number of nitrogens with zero attached hydrogens (tertiary/aromatic N) is 1. The van der Waals surface area contributed by atoms with E-state index < -0.39 is 0 Å². The molecule has 1 N–H and O–H groups in total. The van der Waals surface area contributed by atoms with Gasteiger partial charge in [-0.3, -0.25) is 0 Å². The van der Waals surface area contributed by atoms with Crippen molar-refractivity contribution < 1.29 is 0 Å². The van der Waals surface area contributed by atoms with Crippen molar-refractivity contribution >= 4 is 44.8 Å². The van der Waals surface area contributed by atoms with Crippen molar-refractivity contribution in [1.29, 1.82) is 5.26 Å². The zero-order valence-electron chi connectivity index (χ0n) is 10.6. The maximum atomic E-state index is 8.86. The molecule has 1 atom stereocenters. The van der Waals surface area contributed by atoms with Gasteiger partial charge in [0, 0.05) is 20.2 Å². The smallest absolute Gasteiger partial charge is 0.0992 e. The zero-order chi connectivity index (χ0) is 14.7. The average Bonchev–Trinajstić information content (AvgIpc) is 2.43. The molecule has 0 spiro atoms. The van der Waals surface area contributed by atoms with Crippen molar-refractivity contribution in [1.82, 2.24) is 0 Å². The SMILES string of the molecule is CC(Nc1ccc(C#N)cc1Br)c1cc(Cl)ccc1Cl. The fourth-order valence-electron chi connectivity index (χ4n) is 1.86. The third-order valence-corrected chi connectivity index (χ3v) is 4.13.